The number of benzene rings is 1. The number of likely N-dealkylation sites (N-methyl/N-ethyl adjacent to an activating group) is 1. The molecular formula is C19H24N4O5S. The summed E-state index contributed by atoms with van der Waals surface area (Å²) in [5, 5.41) is 2.79. The number of hydrogen-bond donors (Lipinski definition) is 1. The van der Waals surface area contributed by atoms with Gasteiger partial charge in [0.15, 0.2) is 0 Å². The van der Waals surface area contributed by atoms with Crippen molar-refractivity contribution in [3.63, 3.8) is 0 Å². The highest BCUT2D eigenvalue weighted by Gasteiger charge is 2.26. The summed E-state index contributed by atoms with van der Waals surface area (Å²) in [6.45, 7) is 1.49. The maximum absolute atomic E-state index is 12.6. The Morgan fingerprint density at radius 2 is 1.90 bits per heavy atom. The maximum Gasteiger partial charge on any atom is 0.244 e. The van der Waals surface area contributed by atoms with Crippen molar-refractivity contribution in [2.75, 3.05) is 57.2 Å². The lowest BCUT2D eigenvalue weighted by molar-refractivity contribution is -0.114. The molecule has 156 valence electrons. The summed E-state index contributed by atoms with van der Waals surface area (Å²) in [5.41, 5.74) is 0.657. The van der Waals surface area contributed by atoms with Crippen LogP contribution in [0.3, 0.4) is 0 Å². The average molecular weight is 420 g/mol. The molecule has 0 spiro atoms. The van der Waals surface area contributed by atoms with Crippen LogP contribution in [0.2, 0.25) is 0 Å². The second-order valence-corrected chi connectivity index (χ2v) is 8.44. The van der Waals surface area contributed by atoms with Gasteiger partial charge in [-0.2, -0.15) is 4.31 Å². The lowest BCUT2D eigenvalue weighted by Crippen LogP contribution is -2.40. The van der Waals surface area contributed by atoms with Gasteiger partial charge in [-0.05, 0) is 36.4 Å². The molecule has 1 aromatic heterocycles. The molecule has 3 rings (SSSR count). The Balaban J connectivity index is 1.60. The number of amides is 1. The number of rotatable bonds is 7. The van der Waals surface area contributed by atoms with E-state index >= 15 is 0 Å². The van der Waals surface area contributed by atoms with Crippen molar-refractivity contribution < 1.29 is 22.7 Å². The van der Waals surface area contributed by atoms with Gasteiger partial charge in [-0.1, -0.05) is 0 Å². The van der Waals surface area contributed by atoms with Gasteiger partial charge in [0.05, 0.1) is 26.9 Å². The number of methoxy groups -OCH3 is 1. The van der Waals surface area contributed by atoms with Gasteiger partial charge in [0.25, 0.3) is 0 Å². The normalized spacial score (nSPS) is 15.0. The minimum absolute atomic E-state index is 0.0641. The quantitative estimate of drug-likeness (QED) is 0.718. The monoisotopic (exact) mass is 420 g/mol. The second kappa shape index (κ2) is 9.21. The van der Waals surface area contributed by atoms with Crippen LogP contribution in [0.1, 0.15) is 0 Å². The van der Waals surface area contributed by atoms with Gasteiger partial charge in [-0.3, -0.25) is 4.79 Å². The molecule has 1 N–H and O–H groups in total. The van der Waals surface area contributed by atoms with Crippen LogP contribution in [-0.4, -0.2) is 70.6 Å². The third-order valence-electron chi connectivity index (χ3n) is 4.47. The maximum atomic E-state index is 12.6. The van der Waals surface area contributed by atoms with Gasteiger partial charge < -0.3 is 19.7 Å². The molecule has 9 nitrogen and oxygen atoms in total. The molecule has 1 saturated heterocycles. The number of aromatic nitrogens is 1. The van der Waals surface area contributed by atoms with Crippen LogP contribution in [0.25, 0.3) is 0 Å². The Morgan fingerprint density at radius 3 is 2.48 bits per heavy atom. The minimum atomic E-state index is -3.59. The van der Waals surface area contributed by atoms with Crippen LogP contribution in [0.4, 0.5) is 11.5 Å². The van der Waals surface area contributed by atoms with E-state index in [0.29, 0.717) is 43.6 Å². The Morgan fingerprint density at radius 1 is 1.21 bits per heavy atom. The van der Waals surface area contributed by atoms with E-state index in [1.54, 1.807) is 49.4 Å². The third kappa shape index (κ3) is 5.22. The number of hydrogen-bond acceptors (Lipinski definition) is 7. The van der Waals surface area contributed by atoms with Crippen LogP contribution in [-0.2, 0) is 19.6 Å². The molecular weight excluding hydrogens is 396 g/mol. The van der Waals surface area contributed by atoms with E-state index in [9.17, 15) is 13.2 Å². The summed E-state index contributed by atoms with van der Waals surface area (Å²) in [7, 11) is -0.300. The van der Waals surface area contributed by atoms with Crippen LogP contribution in [0, 0.1) is 0 Å². The predicted molar refractivity (Wildman–Crippen MR) is 109 cm³/mol. The van der Waals surface area contributed by atoms with E-state index in [1.165, 1.54) is 16.6 Å². The van der Waals surface area contributed by atoms with Gasteiger partial charge in [0.2, 0.25) is 15.9 Å². The van der Waals surface area contributed by atoms with Gasteiger partial charge in [0.1, 0.15) is 16.5 Å². The molecule has 1 aliphatic rings. The predicted octanol–water partition coefficient (Wildman–Crippen LogP) is 1.19. The van der Waals surface area contributed by atoms with E-state index in [1.807, 2.05) is 0 Å². The summed E-state index contributed by atoms with van der Waals surface area (Å²) >= 11 is 0. The smallest absolute Gasteiger partial charge is 0.244 e. The molecule has 1 amide bonds. The van der Waals surface area contributed by atoms with E-state index in [-0.39, 0.29) is 17.3 Å². The fourth-order valence-electron chi connectivity index (χ4n) is 2.86. The van der Waals surface area contributed by atoms with Gasteiger partial charge >= 0.3 is 0 Å². The van der Waals surface area contributed by atoms with Crippen molar-refractivity contribution in [1.82, 2.24) is 9.29 Å². The van der Waals surface area contributed by atoms with E-state index in [0.717, 1.165) is 0 Å². The molecule has 0 bridgehead atoms. The first-order valence-electron chi connectivity index (χ1n) is 9.09. The zero-order valence-electron chi connectivity index (χ0n) is 16.4. The Labute approximate surface area is 170 Å². The van der Waals surface area contributed by atoms with E-state index in [2.05, 4.69) is 10.3 Å². The molecule has 0 saturated carbocycles. The highest BCUT2D eigenvalue weighted by atomic mass is 32.2. The van der Waals surface area contributed by atoms with Crippen LogP contribution >= 0.6 is 0 Å². The van der Waals surface area contributed by atoms with Gasteiger partial charge in [0, 0.05) is 32.0 Å². The lowest BCUT2D eigenvalue weighted by Gasteiger charge is -2.26. The largest absolute Gasteiger partial charge is 0.497 e. The Kier molecular flexibility index (Phi) is 6.68. The fourth-order valence-corrected chi connectivity index (χ4v) is 4.21. The van der Waals surface area contributed by atoms with Crippen molar-refractivity contribution in [3.8, 4) is 5.75 Å². The number of pyridine rings is 1. The average Bonchev–Trinajstić information content (AvgIpc) is 2.75. The number of carbonyl (C=O) groups is 1. The van der Waals surface area contributed by atoms with Crippen molar-refractivity contribution in [2.24, 2.45) is 0 Å². The zero-order valence-corrected chi connectivity index (χ0v) is 17.2. The van der Waals surface area contributed by atoms with Crippen LogP contribution in [0.5, 0.6) is 5.75 Å². The van der Waals surface area contributed by atoms with Crippen molar-refractivity contribution in [3.05, 3.63) is 42.6 Å². The van der Waals surface area contributed by atoms with Crippen molar-refractivity contribution in [1.29, 1.82) is 0 Å². The van der Waals surface area contributed by atoms with Gasteiger partial charge in [-0.25, -0.2) is 13.4 Å². The topological polar surface area (TPSA) is 101 Å². The molecule has 0 radical (unpaired) electrons. The fraction of sp³-hybridized carbons (Fsp3) is 0.368. The standard InChI is InChI=1S/C19H24N4O5S/c1-22(14-19(24)21-15-3-5-16(27-2)6-4-15)18-8-7-17(13-20-18)29(25,26)23-9-11-28-12-10-23/h3-8,13H,9-12,14H2,1-2H3,(H,21,24). The number of carbonyl (C=O) groups excluding carboxylic acids is 1. The minimum Gasteiger partial charge on any atom is -0.497 e. The number of nitrogens with one attached hydrogen (secondary N) is 1. The molecule has 1 fully saturated rings. The molecule has 1 aliphatic heterocycles. The summed E-state index contributed by atoms with van der Waals surface area (Å²) in [6, 6.07) is 10.1. The first-order chi connectivity index (χ1) is 13.9. The van der Waals surface area contributed by atoms with Crippen LogP contribution < -0.4 is 15.0 Å². The first kappa shape index (κ1) is 21.0. The second-order valence-electron chi connectivity index (χ2n) is 6.50. The molecule has 0 aliphatic carbocycles. The molecule has 2 heterocycles. The number of anilines is 2. The van der Waals surface area contributed by atoms with Crippen LogP contribution in [0.15, 0.2) is 47.5 Å². The zero-order chi connectivity index (χ0) is 20.9. The summed E-state index contributed by atoms with van der Waals surface area (Å²) in [4.78, 5) is 18.2. The Bertz CT molecular complexity index is 926. The van der Waals surface area contributed by atoms with E-state index in [4.69, 9.17) is 9.47 Å². The Hall–Kier alpha value is -2.69. The molecule has 1 aromatic carbocycles. The number of sulfonamides is 1. The molecule has 0 atom stereocenters. The molecule has 10 heteroatoms. The first-order valence-corrected chi connectivity index (χ1v) is 10.5. The molecule has 2 aromatic rings. The third-order valence-corrected chi connectivity index (χ3v) is 6.36. The molecule has 0 unspecified atom stereocenters. The van der Waals surface area contributed by atoms with E-state index < -0.39 is 10.0 Å². The SMILES string of the molecule is COc1ccc(NC(=O)CN(C)c2ccc(S(=O)(=O)N3CCOCC3)cn2)cc1. The van der Waals surface area contributed by atoms with Gasteiger partial charge in [-0.15, -0.1) is 0 Å². The van der Waals surface area contributed by atoms with Crippen molar-refractivity contribution in [2.45, 2.75) is 4.90 Å². The number of nitrogens with zero attached hydrogens (tertiary/aromatic N) is 3. The number of ether oxygens (including phenoxy) is 2. The van der Waals surface area contributed by atoms with Crippen molar-refractivity contribution >= 4 is 27.4 Å². The number of morpholine rings is 1. The highest BCUT2D eigenvalue weighted by Crippen LogP contribution is 2.19. The summed E-state index contributed by atoms with van der Waals surface area (Å²) < 4.78 is 37.0. The summed E-state index contributed by atoms with van der Waals surface area (Å²) in [6.07, 6.45) is 1.32. The summed E-state index contributed by atoms with van der Waals surface area (Å²) in [5.74, 6) is 0.983. The lowest BCUT2D eigenvalue weighted by atomic mass is 10.3. The molecule has 29 heavy (non-hydrogen) atoms. The highest BCUT2D eigenvalue weighted by molar-refractivity contribution is 7.89.